The van der Waals surface area contributed by atoms with Crippen LogP contribution in [0.4, 0.5) is 11.4 Å². The maximum atomic E-state index is 13.1. The number of benzene rings is 3. The fourth-order valence-corrected chi connectivity index (χ4v) is 3.98. The second-order valence-electron chi connectivity index (χ2n) is 8.03. The van der Waals surface area contributed by atoms with Gasteiger partial charge in [0.2, 0.25) is 15.9 Å². The van der Waals surface area contributed by atoms with Gasteiger partial charge in [-0.1, -0.05) is 36.4 Å². The van der Waals surface area contributed by atoms with E-state index in [1.54, 1.807) is 19.2 Å². The number of aliphatic hydroxyl groups is 1. The predicted molar refractivity (Wildman–Crippen MR) is 135 cm³/mol. The van der Waals surface area contributed by atoms with Gasteiger partial charge in [-0.05, 0) is 53.9 Å². The average Bonchev–Trinajstić information content (AvgIpc) is 2.83. The molecule has 0 aliphatic rings. The van der Waals surface area contributed by atoms with Crippen LogP contribution in [0, 0.1) is 0 Å². The molecule has 0 spiro atoms. The normalized spacial score (nSPS) is 13.0. The van der Waals surface area contributed by atoms with Crippen LogP contribution in [0.1, 0.15) is 17.2 Å². The average molecular weight is 500 g/mol. The first kappa shape index (κ1) is 26.0. The van der Waals surface area contributed by atoms with E-state index in [-0.39, 0.29) is 23.9 Å². The van der Waals surface area contributed by atoms with Gasteiger partial charge in [-0.2, -0.15) is 0 Å². The smallest absolute Gasteiger partial charge is 0.241 e. The van der Waals surface area contributed by atoms with Crippen molar-refractivity contribution in [3.05, 3.63) is 83.9 Å². The number of carbonyl (C=O) groups excluding carboxylic acids is 1. The van der Waals surface area contributed by atoms with E-state index in [0.29, 0.717) is 23.4 Å². The second kappa shape index (κ2) is 11.7. The van der Waals surface area contributed by atoms with Crippen LogP contribution in [0.3, 0.4) is 0 Å². The van der Waals surface area contributed by atoms with Crippen molar-refractivity contribution in [1.29, 1.82) is 0 Å². The fraction of sp³-hybridized carbons (Fsp3) is 0.240. The number of phenols is 1. The number of carbonyl (C=O) groups is 1. The number of sulfonamides is 1. The molecule has 0 aliphatic heterocycles. The SMILES string of the molecule is COc1ccc(C[C@@H](NC[C@@H](O)c2ccc(O)c(NS(C)(=O)=O)c2)C(=O)Nc2ccccc2)cc1. The number of ether oxygens (including phenoxy) is 1. The zero-order valence-corrected chi connectivity index (χ0v) is 20.2. The Morgan fingerprint density at radius 1 is 1.03 bits per heavy atom. The first-order valence-corrected chi connectivity index (χ1v) is 12.7. The molecule has 0 heterocycles. The molecule has 3 aromatic rings. The van der Waals surface area contributed by atoms with Crippen LogP contribution in [0.15, 0.2) is 72.8 Å². The molecule has 0 saturated carbocycles. The quantitative estimate of drug-likeness (QED) is 0.256. The van der Waals surface area contributed by atoms with Gasteiger partial charge in [0.1, 0.15) is 11.5 Å². The molecule has 1 amide bonds. The zero-order chi connectivity index (χ0) is 25.4. The summed E-state index contributed by atoms with van der Waals surface area (Å²) in [5.41, 5.74) is 1.87. The van der Waals surface area contributed by atoms with Crippen molar-refractivity contribution in [3.8, 4) is 11.5 Å². The van der Waals surface area contributed by atoms with Crippen molar-refractivity contribution >= 4 is 27.3 Å². The van der Waals surface area contributed by atoms with Gasteiger partial charge < -0.3 is 25.6 Å². The van der Waals surface area contributed by atoms with Gasteiger partial charge in [-0.25, -0.2) is 8.42 Å². The molecule has 9 nitrogen and oxygen atoms in total. The highest BCUT2D eigenvalue weighted by Gasteiger charge is 2.21. The van der Waals surface area contributed by atoms with Crippen LogP contribution in [0.5, 0.6) is 11.5 Å². The van der Waals surface area contributed by atoms with Gasteiger partial charge in [0.25, 0.3) is 0 Å². The highest BCUT2D eigenvalue weighted by molar-refractivity contribution is 7.92. The summed E-state index contributed by atoms with van der Waals surface area (Å²) in [6.07, 6.45) is 0.247. The van der Waals surface area contributed by atoms with Crippen LogP contribution in [-0.2, 0) is 21.2 Å². The number of para-hydroxylation sites is 1. The lowest BCUT2D eigenvalue weighted by Crippen LogP contribution is -2.43. The third-order valence-corrected chi connectivity index (χ3v) is 5.81. The number of hydrogen-bond acceptors (Lipinski definition) is 7. The van der Waals surface area contributed by atoms with Gasteiger partial charge in [-0.15, -0.1) is 0 Å². The summed E-state index contributed by atoms with van der Waals surface area (Å²) in [4.78, 5) is 13.1. The highest BCUT2D eigenvalue weighted by atomic mass is 32.2. The number of aliphatic hydroxyl groups excluding tert-OH is 1. The lowest BCUT2D eigenvalue weighted by atomic mass is 10.0. The molecule has 0 unspecified atom stereocenters. The van der Waals surface area contributed by atoms with Crippen molar-refractivity contribution in [2.24, 2.45) is 0 Å². The summed E-state index contributed by atoms with van der Waals surface area (Å²) in [5.74, 6) is 0.163. The molecule has 35 heavy (non-hydrogen) atoms. The standard InChI is InChI=1S/C25H29N3O6S/c1-34-20-11-8-17(9-12-20)14-22(25(31)27-19-6-4-3-5-7-19)26-16-24(30)18-10-13-23(29)21(15-18)28-35(2,32)33/h3-13,15,22,24,26,28-30H,14,16H2,1-2H3,(H,27,31)/t22-,24-/m1/s1. The van der Waals surface area contributed by atoms with E-state index in [0.717, 1.165) is 11.8 Å². The van der Waals surface area contributed by atoms with Gasteiger partial charge >= 0.3 is 0 Å². The first-order chi connectivity index (χ1) is 16.6. The summed E-state index contributed by atoms with van der Waals surface area (Å²) >= 11 is 0. The number of aromatic hydroxyl groups is 1. The van der Waals surface area contributed by atoms with Crippen LogP contribution < -0.4 is 20.1 Å². The number of amides is 1. The molecule has 0 bridgehead atoms. The van der Waals surface area contributed by atoms with Crippen LogP contribution in [0.25, 0.3) is 0 Å². The molecular formula is C25H29N3O6S. The van der Waals surface area contributed by atoms with Gasteiger partial charge in [0, 0.05) is 12.2 Å². The van der Waals surface area contributed by atoms with Crippen LogP contribution in [0.2, 0.25) is 0 Å². The predicted octanol–water partition coefficient (Wildman–Crippen LogP) is 2.65. The van der Waals surface area contributed by atoms with Gasteiger partial charge in [-0.3, -0.25) is 9.52 Å². The topological polar surface area (TPSA) is 137 Å². The van der Waals surface area contributed by atoms with Crippen molar-refractivity contribution < 1.29 is 28.2 Å². The minimum Gasteiger partial charge on any atom is -0.506 e. The second-order valence-corrected chi connectivity index (χ2v) is 9.78. The van der Waals surface area contributed by atoms with E-state index < -0.39 is 22.2 Å². The Morgan fingerprint density at radius 3 is 2.34 bits per heavy atom. The maximum Gasteiger partial charge on any atom is 0.241 e. The summed E-state index contributed by atoms with van der Waals surface area (Å²) in [6.45, 7) is 0.00607. The van der Waals surface area contributed by atoms with E-state index in [1.165, 1.54) is 18.2 Å². The van der Waals surface area contributed by atoms with Crippen LogP contribution in [-0.4, -0.2) is 50.5 Å². The molecule has 0 aromatic heterocycles. The lowest BCUT2D eigenvalue weighted by Gasteiger charge is -2.21. The van der Waals surface area contributed by atoms with E-state index in [2.05, 4.69) is 15.4 Å². The van der Waals surface area contributed by atoms with Crippen molar-refractivity contribution in [3.63, 3.8) is 0 Å². The molecule has 0 saturated heterocycles. The summed E-state index contributed by atoms with van der Waals surface area (Å²) in [5, 5.41) is 26.6. The molecule has 3 aromatic carbocycles. The zero-order valence-electron chi connectivity index (χ0n) is 19.4. The number of methoxy groups -OCH3 is 1. The Bertz CT molecular complexity index is 1230. The minimum atomic E-state index is -3.62. The maximum absolute atomic E-state index is 13.1. The molecule has 3 rings (SSSR count). The van der Waals surface area contributed by atoms with Crippen molar-refractivity contribution in [2.75, 3.05) is 29.9 Å². The van der Waals surface area contributed by atoms with Crippen molar-refractivity contribution in [2.45, 2.75) is 18.6 Å². The molecule has 2 atom stereocenters. The van der Waals surface area contributed by atoms with E-state index >= 15 is 0 Å². The Labute approximate surface area is 204 Å². The Balaban J connectivity index is 1.74. The number of phenolic OH excluding ortho intramolecular Hbond substituents is 1. The monoisotopic (exact) mass is 499 g/mol. The van der Waals surface area contributed by atoms with Gasteiger partial charge in [0.15, 0.2) is 0 Å². The van der Waals surface area contributed by atoms with Crippen LogP contribution >= 0.6 is 0 Å². The van der Waals surface area contributed by atoms with E-state index in [1.807, 2.05) is 42.5 Å². The van der Waals surface area contributed by atoms with Crippen molar-refractivity contribution in [1.82, 2.24) is 5.32 Å². The number of rotatable bonds is 11. The lowest BCUT2D eigenvalue weighted by molar-refractivity contribution is -0.118. The summed E-state index contributed by atoms with van der Waals surface area (Å²) in [6, 6.07) is 19.8. The first-order valence-electron chi connectivity index (χ1n) is 10.9. The number of nitrogens with one attached hydrogen (secondary N) is 3. The minimum absolute atomic E-state index is 0.00607. The molecule has 186 valence electrons. The summed E-state index contributed by atoms with van der Waals surface area (Å²) < 4.78 is 30.5. The molecule has 0 aliphatic carbocycles. The Hall–Kier alpha value is -3.60. The third kappa shape index (κ3) is 7.99. The number of anilines is 2. The molecular weight excluding hydrogens is 470 g/mol. The molecule has 5 N–H and O–H groups in total. The molecule has 10 heteroatoms. The van der Waals surface area contributed by atoms with E-state index in [9.17, 15) is 23.4 Å². The van der Waals surface area contributed by atoms with Gasteiger partial charge in [0.05, 0.1) is 31.2 Å². The Morgan fingerprint density at radius 2 is 1.71 bits per heavy atom. The third-order valence-electron chi connectivity index (χ3n) is 5.22. The Kier molecular flexibility index (Phi) is 8.69. The fourth-order valence-electron chi connectivity index (χ4n) is 3.42. The number of hydrogen-bond donors (Lipinski definition) is 5. The molecule has 0 radical (unpaired) electrons. The highest BCUT2D eigenvalue weighted by Crippen LogP contribution is 2.28. The summed E-state index contributed by atoms with van der Waals surface area (Å²) in [7, 11) is -2.04. The molecule has 0 fully saturated rings. The largest absolute Gasteiger partial charge is 0.506 e. The van der Waals surface area contributed by atoms with E-state index in [4.69, 9.17) is 4.74 Å².